The van der Waals surface area contributed by atoms with Crippen LogP contribution in [0.4, 0.5) is 30.7 Å². The number of hydrogen-bond donors (Lipinski definition) is 0. The van der Waals surface area contributed by atoms with Crippen LogP contribution in [0.1, 0.15) is 84.0 Å². The Morgan fingerprint density at radius 2 is 1.14 bits per heavy atom. The van der Waals surface area contributed by atoms with E-state index in [1.807, 2.05) is 0 Å². The summed E-state index contributed by atoms with van der Waals surface area (Å²) in [7, 11) is 0. The molecule has 2 nitrogen and oxygen atoms in total. The Balaban J connectivity index is 1.14. The zero-order chi connectivity index (χ0) is 30.0. The molecule has 232 valence electrons. The Morgan fingerprint density at radius 1 is 0.667 bits per heavy atom. The van der Waals surface area contributed by atoms with Crippen molar-refractivity contribution < 1.29 is 40.2 Å². The van der Waals surface area contributed by atoms with Crippen molar-refractivity contribution in [1.82, 2.24) is 0 Å². The molecule has 0 unspecified atom stereocenters. The second-order valence-electron chi connectivity index (χ2n) is 12.8. The largest absolute Gasteiger partial charge is 0.432 e. The topological polar surface area (TPSA) is 18.5 Å². The smallest absolute Gasteiger partial charge is 0.400 e. The van der Waals surface area contributed by atoms with Crippen molar-refractivity contribution in [3.63, 3.8) is 0 Å². The first-order valence-electron chi connectivity index (χ1n) is 15.3. The van der Waals surface area contributed by atoms with Crippen molar-refractivity contribution in [3.05, 3.63) is 47.8 Å². The monoisotopic (exact) mass is 600 g/mol. The molecule has 0 aliphatic heterocycles. The molecule has 0 N–H and O–H groups in total. The van der Waals surface area contributed by atoms with Gasteiger partial charge in [0.05, 0.1) is 5.92 Å². The minimum absolute atomic E-state index is 0.303. The van der Waals surface area contributed by atoms with Crippen LogP contribution in [0.2, 0.25) is 0 Å². The van der Waals surface area contributed by atoms with Crippen LogP contribution < -0.4 is 9.47 Å². The average Bonchev–Trinajstić information content (AvgIpc) is 2.95. The van der Waals surface area contributed by atoms with E-state index in [4.69, 9.17) is 4.74 Å². The lowest BCUT2D eigenvalue weighted by Gasteiger charge is -2.41. The van der Waals surface area contributed by atoms with Crippen molar-refractivity contribution in [2.75, 3.05) is 0 Å². The van der Waals surface area contributed by atoms with Crippen LogP contribution in [-0.2, 0) is 0 Å². The number of benzene rings is 2. The molecular weight excluding hydrogens is 561 g/mol. The second-order valence-corrected chi connectivity index (χ2v) is 12.8. The van der Waals surface area contributed by atoms with E-state index < -0.39 is 47.6 Å². The molecular formula is C33H39F7O2. The Hall–Kier alpha value is -2.45. The molecule has 0 atom stereocenters. The Morgan fingerprint density at radius 3 is 1.62 bits per heavy atom. The molecule has 0 radical (unpaired) electrons. The zero-order valence-corrected chi connectivity index (χ0v) is 23.9. The lowest BCUT2D eigenvalue weighted by Crippen LogP contribution is -2.38. The molecule has 5 rings (SSSR count). The third-order valence-electron chi connectivity index (χ3n) is 10.2. The van der Waals surface area contributed by atoms with Gasteiger partial charge in [0.15, 0.2) is 17.4 Å². The maximum absolute atomic E-state index is 15.1. The fourth-order valence-electron chi connectivity index (χ4n) is 7.72. The predicted octanol–water partition coefficient (Wildman–Crippen LogP) is 10.8. The van der Waals surface area contributed by atoms with Gasteiger partial charge in [-0.2, -0.15) is 17.6 Å². The fourth-order valence-corrected chi connectivity index (χ4v) is 7.72. The fraction of sp³-hybridized carbons (Fsp3) is 0.636. The number of alkyl halides is 4. The normalized spacial score (nSPS) is 29.0. The van der Waals surface area contributed by atoms with Crippen LogP contribution >= 0.6 is 0 Å². The summed E-state index contributed by atoms with van der Waals surface area (Å²) in [5.74, 6) is -3.01. The highest BCUT2D eigenvalue weighted by Gasteiger charge is 2.45. The number of ether oxygens (including phenoxy) is 2. The summed E-state index contributed by atoms with van der Waals surface area (Å²) in [5, 5.41) is 0. The van der Waals surface area contributed by atoms with Crippen LogP contribution in [0, 0.1) is 53.0 Å². The lowest BCUT2D eigenvalue weighted by atomic mass is 9.65. The van der Waals surface area contributed by atoms with E-state index in [0.29, 0.717) is 36.8 Å². The van der Waals surface area contributed by atoms with Gasteiger partial charge in [-0.25, -0.2) is 13.2 Å². The third-order valence-corrected chi connectivity index (χ3v) is 10.2. The van der Waals surface area contributed by atoms with Crippen molar-refractivity contribution in [2.24, 2.45) is 35.5 Å². The number of hydrogen-bond acceptors (Lipinski definition) is 2. The van der Waals surface area contributed by atoms with Crippen molar-refractivity contribution >= 4 is 0 Å². The molecule has 9 heteroatoms. The standard InChI is InChI=1S/C33H39F7O2/c1-19-2-4-20(5-3-19)21-6-8-22(9-7-21)23-10-12-25(13-11-23)33(39,40)42-26-14-15-27(28(34)18-26)24-16-29(35)31(30(36)17-24)41-32(37)38/h14-23,25,32H,2-13H2,1H3. The minimum atomic E-state index is -3.50. The predicted molar refractivity (Wildman–Crippen MR) is 146 cm³/mol. The van der Waals surface area contributed by atoms with E-state index >= 15 is 8.78 Å². The quantitative estimate of drug-likeness (QED) is 0.281. The molecule has 3 aliphatic carbocycles. The third kappa shape index (κ3) is 7.19. The van der Waals surface area contributed by atoms with E-state index in [-0.39, 0.29) is 11.1 Å². The molecule has 0 bridgehead atoms. The summed E-state index contributed by atoms with van der Waals surface area (Å²) < 4.78 is 107. The van der Waals surface area contributed by atoms with Gasteiger partial charge >= 0.3 is 12.7 Å². The van der Waals surface area contributed by atoms with Crippen LogP contribution in [0.15, 0.2) is 30.3 Å². The van der Waals surface area contributed by atoms with Crippen LogP contribution in [-0.4, -0.2) is 12.7 Å². The van der Waals surface area contributed by atoms with E-state index in [2.05, 4.69) is 11.7 Å². The van der Waals surface area contributed by atoms with Gasteiger partial charge in [0.25, 0.3) is 0 Å². The molecule has 3 saturated carbocycles. The van der Waals surface area contributed by atoms with Gasteiger partial charge in [-0.05, 0) is 124 Å². The number of rotatable bonds is 8. The summed E-state index contributed by atoms with van der Waals surface area (Å²) in [6, 6.07) is 4.16. The van der Waals surface area contributed by atoms with E-state index in [1.54, 1.807) is 0 Å². The first-order valence-corrected chi connectivity index (χ1v) is 15.3. The summed E-state index contributed by atoms with van der Waals surface area (Å²) in [6.07, 6.45) is 8.95. The molecule has 0 aromatic heterocycles. The van der Waals surface area contributed by atoms with Crippen molar-refractivity contribution in [2.45, 2.75) is 96.7 Å². The van der Waals surface area contributed by atoms with Gasteiger partial charge in [0.1, 0.15) is 11.6 Å². The molecule has 0 heterocycles. The molecule has 0 spiro atoms. The molecule has 0 saturated heterocycles. The minimum Gasteiger partial charge on any atom is -0.432 e. The molecule has 2 aromatic rings. The molecule has 3 aliphatic rings. The Bertz CT molecular complexity index is 1170. The van der Waals surface area contributed by atoms with Gasteiger partial charge in [0, 0.05) is 11.6 Å². The molecule has 2 aromatic carbocycles. The van der Waals surface area contributed by atoms with Gasteiger partial charge in [0.2, 0.25) is 0 Å². The molecule has 3 fully saturated rings. The van der Waals surface area contributed by atoms with E-state index in [1.165, 1.54) is 51.4 Å². The Labute approximate surface area is 243 Å². The van der Waals surface area contributed by atoms with Crippen LogP contribution in [0.25, 0.3) is 11.1 Å². The molecule has 0 amide bonds. The second kappa shape index (κ2) is 13.0. The first kappa shape index (κ1) is 31.0. The Kier molecular flexibility index (Phi) is 9.63. The summed E-state index contributed by atoms with van der Waals surface area (Å²) in [6.45, 7) is -1.10. The van der Waals surface area contributed by atoms with Gasteiger partial charge in [-0.15, -0.1) is 0 Å². The van der Waals surface area contributed by atoms with Gasteiger partial charge in [-0.1, -0.05) is 19.8 Å². The maximum Gasteiger partial charge on any atom is 0.400 e. The maximum atomic E-state index is 15.1. The van der Waals surface area contributed by atoms with E-state index in [0.717, 1.165) is 48.8 Å². The highest BCUT2D eigenvalue weighted by Crippen LogP contribution is 2.48. The highest BCUT2D eigenvalue weighted by molar-refractivity contribution is 5.66. The zero-order valence-electron chi connectivity index (χ0n) is 23.9. The summed E-state index contributed by atoms with van der Waals surface area (Å²) in [4.78, 5) is 0. The van der Waals surface area contributed by atoms with Crippen molar-refractivity contribution in [1.29, 1.82) is 0 Å². The first-order chi connectivity index (χ1) is 20.0. The lowest BCUT2D eigenvalue weighted by molar-refractivity contribution is -0.224. The SMILES string of the molecule is CC1CCC(C2CCC(C3CCC(C(F)(F)Oc4ccc(-c5cc(F)c(OC(F)F)c(F)c5)c(F)c4)CC3)CC2)CC1. The molecule has 42 heavy (non-hydrogen) atoms. The van der Waals surface area contributed by atoms with E-state index in [9.17, 15) is 22.0 Å². The average molecular weight is 601 g/mol. The highest BCUT2D eigenvalue weighted by atomic mass is 19.3. The van der Waals surface area contributed by atoms with Crippen LogP contribution in [0.3, 0.4) is 0 Å². The summed E-state index contributed by atoms with van der Waals surface area (Å²) in [5.41, 5.74) is -0.608. The van der Waals surface area contributed by atoms with Gasteiger partial charge < -0.3 is 9.47 Å². The summed E-state index contributed by atoms with van der Waals surface area (Å²) >= 11 is 0. The van der Waals surface area contributed by atoms with Crippen molar-refractivity contribution in [3.8, 4) is 22.6 Å². The number of halogens is 7. The van der Waals surface area contributed by atoms with Crippen LogP contribution in [0.5, 0.6) is 11.5 Å². The van der Waals surface area contributed by atoms with Gasteiger partial charge in [-0.3, -0.25) is 0 Å².